The van der Waals surface area contributed by atoms with Crippen LogP contribution < -0.4 is 24.9 Å². The first-order valence-corrected chi connectivity index (χ1v) is 16.4. The van der Waals surface area contributed by atoms with Gasteiger partial charge < -0.3 is 29.8 Å². The number of ether oxygens (including phenoxy) is 2. The molecule has 4 atom stereocenters. The van der Waals surface area contributed by atoms with Crippen LogP contribution in [0.15, 0.2) is 35.6 Å². The number of benzene rings is 1. The van der Waals surface area contributed by atoms with Gasteiger partial charge in [0.2, 0.25) is 5.91 Å². The molecule has 2 aromatic rings. The smallest absolute Gasteiger partial charge is 0.256 e. The maximum Gasteiger partial charge on any atom is 0.256 e. The molecule has 0 spiro atoms. The van der Waals surface area contributed by atoms with Gasteiger partial charge in [0.15, 0.2) is 11.3 Å². The lowest BCUT2D eigenvalue weighted by molar-refractivity contribution is -0.150. The zero-order valence-electron chi connectivity index (χ0n) is 27.0. The molecule has 2 heterocycles. The zero-order valence-corrected chi connectivity index (χ0v) is 27.8. The zero-order chi connectivity index (χ0) is 33.1. The van der Waals surface area contributed by atoms with Gasteiger partial charge in [-0.15, -0.1) is 6.58 Å². The van der Waals surface area contributed by atoms with Crippen molar-refractivity contribution >= 4 is 40.6 Å². The maximum absolute atomic E-state index is 13.0. The third-order valence-corrected chi connectivity index (χ3v) is 9.61. The van der Waals surface area contributed by atoms with Crippen molar-refractivity contribution in [3.63, 3.8) is 0 Å². The van der Waals surface area contributed by atoms with Gasteiger partial charge in [-0.1, -0.05) is 26.8 Å². The Morgan fingerprint density at radius 1 is 1.27 bits per heavy atom. The molecule has 0 bridgehead atoms. The molecule has 3 unspecified atom stereocenters. The average molecular weight is 643 g/mol. The standard InChI is InChI=1S/C20H31N3O4S.C13H15NO3/c1-5-12-11-20(12,18(27)22-28-13-8-9-13)21-16(25)14-7-6-10-23(14)17(26)15(24)19(2,3)4;1-4-17-12-7-10(15)9-5-6-11(16-3)8(2)13(9)14-12/h5,12-15,24H,1,6-11H2,2-4H3,(H,21,25)(H,22,27);5-7H,4H2,1-3H3,(H,14,15)/t12?,14?,15?,20-;/m1./s1. The highest BCUT2D eigenvalue weighted by atomic mass is 32.2. The number of aliphatic hydroxyl groups is 1. The highest BCUT2D eigenvalue weighted by Gasteiger charge is 2.60. The summed E-state index contributed by atoms with van der Waals surface area (Å²) < 4.78 is 13.4. The summed E-state index contributed by atoms with van der Waals surface area (Å²) in [6.45, 7) is 13.9. The fraction of sp³-hybridized carbons (Fsp3) is 0.576. The number of rotatable bonds is 10. The van der Waals surface area contributed by atoms with Crippen LogP contribution in [0.2, 0.25) is 0 Å². The molecule has 4 N–H and O–H groups in total. The van der Waals surface area contributed by atoms with Gasteiger partial charge in [0.1, 0.15) is 23.4 Å². The van der Waals surface area contributed by atoms with Gasteiger partial charge in [-0.25, -0.2) is 0 Å². The SMILES string of the molecule is C=CC1C[C@]1(NC(=O)C1CCCN1C(=O)C(O)C(C)(C)C)C(=O)NSC1CC1.CCOc1cc(=O)c2ccc(OC)c(C)c2[nH]1. The van der Waals surface area contributed by atoms with Crippen molar-refractivity contribution in [2.75, 3.05) is 20.3 Å². The van der Waals surface area contributed by atoms with E-state index in [4.69, 9.17) is 9.47 Å². The summed E-state index contributed by atoms with van der Waals surface area (Å²) in [5, 5.41) is 14.4. The summed E-state index contributed by atoms with van der Waals surface area (Å²) in [5.74, 6) is 0.172. The first kappa shape index (κ1) is 34.4. The Morgan fingerprint density at radius 3 is 2.56 bits per heavy atom. The Morgan fingerprint density at radius 2 is 1.98 bits per heavy atom. The van der Waals surface area contributed by atoms with E-state index in [1.165, 1.54) is 22.9 Å². The van der Waals surface area contributed by atoms with Crippen LogP contribution in [-0.2, 0) is 14.4 Å². The molecule has 3 fully saturated rings. The van der Waals surface area contributed by atoms with E-state index in [2.05, 4.69) is 21.6 Å². The third kappa shape index (κ3) is 7.66. The van der Waals surface area contributed by atoms with Crippen molar-refractivity contribution < 1.29 is 29.0 Å². The van der Waals surface area contributed by atoms with E-state index in [1.807, 2.05) is 13.8 Å². The number of amides is 3. The van der Waals surface area contributed by atoms with Crippen LogP contribution in [0.4, 0.5) is 0 Å². The van der Waals surface area contributed by atoms with E-state index in [9.17, 15) is 24.3 Å². The number of methoxy groups -OCH3 is 1. The first-order chi connectivity index (χ1) is 21.3. The molecule has 0 radical (unpaired) electrons. The van der Waals surface area contributed by atoms with Crippen LogP contribution in [0.3, 0.4) is 0 Å². The van der Waals surface area contributed by atoms with Crippen molar-refractivity contribution in [2.24, 2.45) is 11.3 Å². The van der Waals surface area contributed by atoms with E-state index >= 15 is 0 Å². The second-order valence-electron chi connectivity index (χ2n) is 13.0. The second kappa shape index (κ2) is 13.9. The molecule has 3 amide bonds. The number of H-pyrrole nitrogens is 1. The van der Waals surface area contributed by atoms with Gasteiger partial charge in [0, 0.05) is 34.7 Å². The molecular weight excluding hydrogens is 596 g/mol. The molecule has 246 valence electrons. The molecule has 45 heavy (non-hydrogen) atoms. The third-order valence-electron chi connectivity index (χ3n) is 8.50. The predicted molar refractivity (Wildman–Crippen MR) is 175 cm³/mol. The minimum absolute atomic E-state index is 0.0482. The van der Waals surface area contributed by atoms with Crippen molar-refractivity contribution in [3.05, 3.63) is 46.6 Å². The van der Waals surface area contributed by atoms with E-state index in [-0.39, 0.29) is 23.2 Å². The lowest BCUT2D eigenvalue weighted by Crippen LogP contribution is -2.56. The summed E-state index contributed by atoms with van der Waals surface area (Å²) in [5.41, 5.74) is 0.0457. The highest BCUT2D eigenvalue weighted by molar-refractivity contribution is 7.98. The fourth-order valence-electron chi connectivity index (χ4n) is 5.45. The van der Waals surface area contributed by atoms with Crippen LogP contribution in [0, 0.1) is 18.3 Å². The molecule has 11 nitrogen and oxygen atoms in total. The predicted octanol–water partition coefficient (Wildman–Crippen LogP) is 3.62. The lowest BCUT2D eigenvalue weighted by atomic mass is 9.88. The van der Waals surface area contributed by atoms with E-state index < -0.39 is 29.0 Å². The number of aliphatic hydroxyl groups excluding tert-OH is 1. The van der Waals surface area contributed by atoms with Gasteiger partial charge >= 0.3 is 0 Å². The molecule has 3 aliphatic rings. The number of pyridine rings is 1. The minimum atomic E-state index is -1.17. The second-order valence-corrected chi connectivity index (χ2v) is 14.1. The molecule has 1 saturated heterocycles. The number of aromatic amines is 1. The number of aryl methyl sites for hydroxylation is 1. The van der Waals surface area contributed by atoms with Crippen LogP contribution >= 0.6 is 11.9 Å². The Balaban J connectivity index is 0.000000231. The van der Waals surface area contributed by atoms with Crippen LogP contribution in [-0.4, -0.2) is 75.9 Å². The van der Waals surface area contributed by atoms with Gasteiger partial charge in [-0.2, -0.15) is 0 Å². The Kier molecular flexibility index (Phi) is 10.6. The van der Waals surface area contributed by atoms with E-state index in [0.717, 1.165) is 29.7 Å². The number of nitrogens with one attached hydrogen (secondary N) is 3. The summed E-state index contributed by atoms with van der Waals surface area (Å²) >= 11 is 1.42. The van der Waals surface area contributed by atoms with Crippen LogP contribution in [0.1, 0.15) is 65.4 Å². The van der Waals surface area contributed by atoms with Gasteiger partial charge in [-0.3, -0.25) is 23.9 Å². The van der Waals surface area contributed by atoms with Gasteiger partial charge in [-0.05, 0) is 75.4 Å². The molecule has 1 aromatic heterocycles. The van der Waals surface area contributed by atoms with Crippen LogP contribution in [0.5, 0.6) is 11.6 Å². The summed E-state index contributed by atoms with van der Waals surface area (Å²) in [6, 6.07) is 4.37. The van der Waals surface area contributed by atoms with Crippen molar-refractivity contribution in [1.82, 2.24) is 19.9 Å². The minimum Gasteiger partial charge on any atom is -0.496 e. The molecular formula is C33H46N4O7S. The normalized spacial score (nSPS) is 23.0. The van der Waals surface area contributed by atoms with Crippen molar-refractivity contribution in [1.29, 1.82) is 0 Å². The van der Waals surface area contributed by atoms with Crippen molar-refractivity contribution in [2.45, 2.75) is 89.7 Å². The molecule has 2 saturated carbocycles. The van der Waals surface area contributed by atoms with Crippen LogP contribution in [0.25, 0.3) is 10.9 Å². The number of fused-ring (bicyclic) bond motifs is 1. The number of carbonyl (C=O) groups is 3. The topological polar surface area (TPSA) is 150 Å². The molecule has 1 aromatic carbocycles. The largest absolute Gasteiger partial charge is 0.496 e. The molecule has 5 rings (SSSR count). The van der Waals surface area contributed by atoms with Gasteiger partial charge in [0.25, 0.3) is 11.8 Å². The Hall–Kier alpha value is -3.51. The number of likely N-dealkylation sites (tertiary alicyclic amines) is 1. The summed E-state index contributed by atoms with van der Waals surface area (Å²) in [6.07, 6.45) is 4.47. The number of carbonyl (C=O) groups excluding carboxylic acids is 3. The quantitative estimate of drug-likeness (QED) is 0.227. The maximum atomic E-state index is 13.0. The number of aromatic nitrogens is 1. The molecule has 2 aliphatic carbocycles. The Labute approximate surface area is 268 Å². The first-order valence-electron chi connectivity index (χ1n) is 15.5. The van der Waals surface area contributed by atoms with E-state index in [0.29, 0.717) is 48.9 Å². The lowest BCUT2D eigenvalue weighted by Gasteiger charge is -2.32. The summed E-state index contributed by atoms with van der Waals surface area (Å²) in [7, 11) is 1.61. The number of hydrogen-bond acceptors (Lipinski definition) is 8. The van der Waals surface area contributed by atoms with Gasteiger partial charge in [0.05, 0.1) is 19.2 Å². The monoisotopic (exact) mass is 642 g/mol. The Bertz CT molecular complexity index is 1500. The number of hydrogen-bond donors (Lipinski definition) is 4. The highest BCUT2D eigenvalue weighted by Crippen LogP contribution is 2.46. The fourth-order valence-corrected chi connectivity index (χ4v) is 6.28. The molecule has 1 aliphatic heterocycles. The molecule has 12 heteroatoms. The number of nitrogens with zero attached hydrogens (tertiary/aromatic N) is 1. The summed E-state index contributed by atoms with van der Waals surface area (Å²) in [4.78, 5) is 54.9. The average Bonchev–Trinajstić information content (AvgIpc) is 3.91. The van der Waals surface area contributed by atoms with E-state index in [1.54, 1.807) is 46.1 Å². The van der Waals surface area contributed by atoms with Crippen molar-refractivity contribution in [3.8, 4) is 11.6 Å².